The van der Waals surface area contributed by atoms with Crippen LogP contribution in [0.3, 0.4) is 0 Å². The molecular weight excluding hydrogens is 973 g/mol. The van der Waals surface area contributed by atoms with Gasteiger partial charge in [0.05, 0.1) is 47.4 Å². The van der Waals surface area contributed by atoms with E-state index in [1.807, 2.05) is 0 Å². The minimum atomic E-state index is -5.61. The van der Waals surface area contributed by atoms with E-state index in [2.05, 4.69) is 30.6 Å². The molecule has 1 aromatic heterocycles. The molecule has 0 spiro atoms. The summed E-state index contributed by atoms with van der Waals surface area (Å²) in [6.07, 6.45) is 0. The van der Waals surface area contributed by atoms with Crippen LogP contribution in [0.5, 0.6) is 17.2 Å². The molecule has 7 rings (SSSR count). The average molecular weight is 991 g/mol. The van der Waals surface area contributed by atoms with E-state index in [4.69, 9.17) is 0 Å². The van der Waals surface area contributed by atoms with Crippen LogP contribution in [-0.4, -0.2) is 124 Å². The van der Waals surface area contributed by atoms with Gasteiger partial charge in [-0.05, 0) is 70.8 Å². The summed E-state index contributed by atoms with van der Waals surface area (Å²) in [4.78, 5) is -7.65. The van der Waals surface area contributed by atoms with Crippen LogP contribution >= 0.6 is 0 Å². The number of hydrogen-bond donors (Lipinski definition) is 9. The number of fused-ring (bicyclic) bond motifs is 3. The number of aromatic nitrogens is 6. The number of nitrogens with zero attached hydrogens (tertiary/aromatic N) is 6. The Bertz CT molecular complexity index is 3690. The molecule has 0 aliphatic carbocycles. The molecule has 6 bridgehead atoms. The van der Waals surface area contributed by atoms with Crippen molar-refractivity contribution in [1.82, 2.24) is 30.6 Å². The van der Waals surface area contributed by atoms with E-state index in [0.717, 1.165) is 0 Å². The van der Waals surface area contributed by atoms with Gasteiger partial charge in [-0.25, -0.2) is 0 Å². The molecule has 0 saturated heterocycles. The van der Waals surface area contributed by atoms with E-state index in [9.17, 15) is 93.1 Å². The van der Waals surface area contributed by atoms with E-state index in [-0.39, 0.29) is 0 Å². The lowest BCUT2D eigenvalue weighted by Gasteiger charge is -2.10. The van der Waals surface area contributed by atoms with Crippen molar-refractivity contribution in [2.75, 3.05) is 0 Å². The monoisotopic (exact) mass is 990 g/mol. The van der Waals surface area contributed by atoms with Crippen molar-refractivity contribution in [1.29, 1.82) is 0 Å². The fraction of sp³-hybridized carbons (Fsp3) is 0. The first-order valence-electron chi connectivity index (χ1n) is 15.9. The highest BCUT2D eigenvalue weighted by molar-refractivity contribution is 7.87. The highest BCUT2D eigenvalue weighted by Gasteiger charge is 2.27. The summed E-state index contributed by atoms with van der Waals surface area (Å²) in [5.41, 5.74) is -6.86. The number of aromatic hydroxyl groups is 3. The molecule has 0 fully saturated rings. The molecule has 0 saturated carbocycles. The van der Waals surface area contributed by atoms with Gasteiger partial charge in [0.1, 0.15) is 31.2 Å². The predicted molar refractivity (Wildman–Crippen MR) is 209 cm³/mol. The Balaban J connectivity index is 1.93. The summed E-state index contributed by atoms with van der Waals surface area (Å²) >= 11 is 0. The third kappa shape index (κ3) is 8.13. The molecule has 0 radical (unpaired) electrons. The Kier molecular flexibility index (Phi) is 10.2. The van der Waals surface area contributed by atoms with Gasteiger partial charge in [0.2, 0.25) is 0 Å². The lowest BCUT2D eigenvalue weighted by molar-refractivity contribution is 0.475. The lowest BCUT2D eigenvalue weighted by atomic mass is 10.1. The Morgan fingerprint density at radius 2 is 0.524 bits per heavy atom. The first-order chi connectivity index (χ1) is 28.8. The van der Waals surface area contributed by atoms with Gasteiger partial charge in [-0.3, -0.25) is 27.3 Å². The van der Waals surface area contributed by atoms with Crippen LogP contribution in [0.1, 0.15) is 0 Å². The van der Waals surface area contributed by atoms with Crippen molar-refractivity contribution in [2.24, 2.45) is 0 Å². The molecule has 7 aromatic rings. The van der Waals surface area contributed by atoms with Crippen molar-refractivity contribution >= 4 is 126 Å². The van der Waals surface area contributed by atoms with Gasteiger partial charge in [0.15, 0.2) is 17.2 Å². The summed E-state index contributed by atoms with van der Waals surface area (Å²) in [7, 11) is -32.8. The van der Waals surface area contributed by atoms with Crippen LogP contribution in [0.25, 0.3) is 65.4 Å². The van der Waals surface area contributed by atoms with E-state index < -0.39 is 173 Å². The zero-order valence-electron chi connectivity index (χ0n) is 29.8. The van der Waals surface area contributed by atoms with Gasteiger partial charge in [0, 0.05) is 0 Å². The van der Waals surface area contributed by atoms with Crippen molar-refractivity contribution in [2.45, 2.75) is 29.4 Å². The van der Waals surface area contributed by atoms with E-state index in [0.29, 0.717) is 54.6 Å². The highest BCUT2D eigenvalue weighted by atomic mass is 32.2. The third-order valence-corrected chi connectivity index (χ3v) is 13.9. The Morgan fingerprint density at radius 3 is 0.714 bits per heavy atom. The van der Waals surface area contributed by atoms with Gasteiger partial charge in [-0.2, -0.15) is 50.5 Å². The maximum Gasteiger partial charge on any atom is 0.296 e. The van der Waals surface area contributed by atoms with Crippen LogP contribution < -0.4 is 0 Å². The zero-order valence-corrected chi connectivity index (χ0v) is 34.7. The Hall–Kier alpha value is -6.24. The van der Waals surface area contributed by atoms with Crippen LogP contribution in [-0.2, 0) is 60.7 Å². The molecule has 33 heteroatoms. The first kappa shape index (κ1) is 44.8. The number of phenols is 3. The topological polar surface area (TPSA) is 464 Å². The maximum absolute atomic E-state index is 12.7. The molecule has 63 heavy (non-hydrogen) atoms. The minimum Gasteiger partial charge on any atom is -0.505 e. The molecule has 0 aliphatic rings. The summed E-state index contributed by atoms with van der Waals surface area (Å²) in [5, 5.41) is 51.7. The zero-order chi connectivity index (χ0) is 46.7. The summed E-state index contributed by atoms with van der Waals surface area (Å²) in [5.74, 6) is -4.29. The molecule has 9 N–H and O–H groups in total. The second-order valence-electron chi connectivity index (χ2n) is 12.8. The quantitative estimate of drug-likeness (QED) is 0.106. The van der Waals surface area contributed by atoms with Gasteiger partial charge in [-0.15, -0.1) is 30.6 Å². The summed E-state index contributed by atoms with van der Waals surface area (Å²) < 4.78 is 210. The van der Waals surface area contributed by atoms with Gasteiger partial charge < -0.3 is 15.3 Å². The smallest absolute Gasteiger partial charge is 0.296 e. The lowest BCUT2D eigenvalue weighted by Crippen LogP contribution is -2.04. The van der Waals surface area contributed by atoms with Crippen LogP contribution in [0, 0.1) is 0 Å². The second-order valence-corrected chi connectivity index (χ2v) is 21.2. The molecule has 0 aliphatic heterocycles. The molecule has 0 unspecified atom stereocenters. The largest absolute Gasteiger partial charge is 0.505 e. The van der Waals surface area contributed by atoms with E-state index in [1.54, 1.807) is 0 Å². The molecule has 0 amide bonds. The van der Waals surface area contributed by atoms with Crippen molar-refractivity contribution in [3.8, 4) is 17.2 Å². The van der Waals surface area contributed by atoms with E-state index in [1.165, 1.54) is 0 Å². The summed E-state index contributed by atoms with van der Waals surface area (Å²) in [6.45, 7) is 0. The van der Waals surface area contributed by atoms with Crippen molar-refractivity contribution in [3.63, 3.8) is 0 Å². The molecule has 330 valence electrons. The number of benzene rings is 6. The first-order valence-corrected chi connectivity index (χ1v) is 24.5. The minimum absolute atomic E-state index is 0.419. The summed E-state index contributed by atoms with van der Waals surface area (Å²) in [6, 6.07) is 4.11. The van der Waals surface area contributed by atoms with E-state index >= 15 is 0 Å². The molecule has 27 nitrogen and oxygen atoms in total. The molecular formula is C30H18N6O21S6. The highest BCUT2D eigenvalue weighted by Crippen LogP contribution is 2.41. The molecule has 6 aromatic carbocycles. The SMILES string of the molecule is O=S(=O)(O)c1cc2cc(S(=O)(=O)O)c3nnc4cc(S(=O)(=O)O)cc5cc(S(=O)(=O)O)c(nnc6cc(S(=O)(=O)O)cc7cc(S(=O)(=O)O)c(nnc(c1)c2c3O)c(O)c76)c(O)c54. The number of phenolic OH excluding ortho intramolecular Hbond substituents is 3. The van der Waals surface area contributed by atoms with Crippen LogP contribution in [0.2, 0.25) is 0 Å². The maximum atomic E-state index is 12.7. The fourth-order valence-corrected chi connectivity index (χ4v) is 9.77. The number of hydrogen-bond acceptors (Lipinski definition) is 21. The fourth-order valence-electron chi connectivity index (χ4n) is 6.19. The standard InChI is InChI=1S/C30H18N6O21S6/c37-28-22-10-1-13(58(40,41)42)7-16(22)31-35-26-20(62(52,53)54)5-11-2-15(60(46,47)48)9-18(24(11)29(26)38)33-36-27-21(63(55,56)57)6-12-3-14(59(43,44)45)8-17(23(12)30(27)39)32-34-25(28)19(4-10)61(49,50)51/h1-9,37-39H,(H,40,41,42)(H,43,44,45)(H,46,47,48)(H,49,50,51)(H,52,53,54)(H,55,56,57). The number of rotatable bonds is 6. The van der Waals surface area contributed by atoms with Gasteiger partial charge in [0.25, 0.3) is 60.7 Å². The average Bonchev–Trinajstić information content (AvgIpc) is 3.13. The van der Waals surface area contributed by atoms with Crippen LogP contribution in [0.15, 0.2) is 84.0 Å². The molecule has 1 heterocycles. The van der Waals surface area contributed by atoms with Crippen molar-refractivity contribution in [3.05, 3.63) is 54.6 Å². The Morgan fingerprint density at radius 1 is 0.302 bits per heavy atom. The van der Waals surface area contributed by atoms with Crippen LogP contribution in [0.4, 0.5) is 0 Å². The third-order valence-electron chi connectivity index (χ3n) is 8.81. The molecule has 0 atom stereocenters. The predicted octanol–water partition coefficient (Wildman–Crippen LogP) is 1.26. The Labute approximate surface area is 349 Å². The van der Waals surface area contributed by atoms with Gasteiger partial charge >= 0.3 is 0 Å². The van der Waals surface area contributed by atoms with Crippen molar-refractivity contribution < 1.29 is 93.1 Å². The normalized spacial score (nSPS) is 13.2. The van der Waals surface area contributed by atoms with Gasteiger partial charge in [-0.1, -0.05) is 0 Å². The second kappa shape index (κ2) is 14.4.